The highest BCUT2D eigenvalue weighted by molar-refractivity contribution is 7.91. The van der Waals surface area contributed by atoms with Gasteiger partial charge < -0.3 is 5.32 Å². The molecule has 0 aliphatic heterocycles. The van der Waals surface area contributed by atoms with Gasteiger partial charge in [0.2, 0.25) is 0 Å². The molecule has 6 heteroatoms. The molecule has 1 aliphatic carbocycles. The number of hydrogen-bond acceptors (Lipinski definition) is 5. The van der Waals surface area contributed by atoms with Gasteiger partial charge in [-0.2, -0.15) is 0 Å². The number of nitrogens with one attached hydrogen (secondary N) is 1. The van der Waals surface area contributed by atoms with Crippen LogP contribution in [0.4, 0.5) is 0 Å². The second-order valence-corrected chi connectivity index (χ2v) is 8.71. The first-order chi connectivity index (χ1) is 8.45. The first-order valence-corrected chi connectivity index (χ1v) is 9.06. The summed E-state index contributed by atoms with van der Waals surface area (Å²) < 4.78 is 23.1. The van der Waals surface area contributed by atoms with Crippen molar-refractivity contribution in [2.45, 2.75) is 50.4 Å². The first kappa shape index (κ1) is 14.0. The molecular formula is C12H20N2O2S2. The quantitative estimate of drug-likeness (QED) is 0.919. The minimum absolute atomic E-state index is 0.165. The molecule has 1 aromatic heterocycles. The first-order valence-electron chi connectivity index (χ1n) is 6.28. The molecule has 0 saturated heterocycles. The van der Waals surface area contributed by atoms with Crippen molar-refractivity contribution in [3.63, 3.8) is 0 Å². The zero-order chi connectivity index (χ0) is 13.2. The van der Waals surface area contributed by atoms with Gasteiger partial charge in [-0.25, -0.2) is 13.4 Å². The van der Waals surface area contributed by atoms with Gasteiger partial charge in [0.15, 0.2) is 0 Å². The average Bonchev–Trinajstić information content (AvgIpc) is 2.72. The molecule has 1 N–H and O–H groups in total. The maximum Gasteiger partial charge on any atom is 0.150 e. The third-order valence-corrected chi connectivity index (χ3v) is 5.99. The molecule has 1 heterocycles. The Morgan fingerprint density at radius 1 is 1.50 bits per heavy atom. The zero-order valence-corrected chi connectivity index (χ0v) is 12.5. The van der Waals surface area contributed by atoms with Crippen LogP contribution in [-0.4, -0.2) is 30.9 Å². The molecule has 2 unspecified atom stereocenters. The van der Waals surface area contributed by atoms with Crippen molar-refractivity contribution in [2.75, 3.05) is 6.26 Å². The number of thiazole rings is 1. The van der Waals surface area contributed by atoms with Crippen LogP contribution in [0.25, 0.3) is 0 Å². The molecule has 0 bridgehead atoms. The molecule has 0 amide bonds. The lowest BCUT2D eigenvalue weighted by Crippen LogP contribution is -2.38. The second kappa shape index (κ2) is 5.67. The Bertz CT molecular complexity index is 496. The number of hydrogen-bond donors (Lipinski definition) is 1. The normalized spacial score (nSPS) is 25.2. The Labute approximate surface area is 113 Å². The minimum Gasteiger partial charge on any atom is -0.308 e. The zero-order valence-electron chi connectivity index (χ0n) is 10.8. The topological polar surface area (TPSA) is 59.1 Å². The third-order valence-electron chi connectivity index (χ3n) is 3.44. The average molecular weight is 288 g/mol. The van der Waals surface area contributed by atoms with E-state index in [0.29, 0.717) is 6.04 Å². The van der Waals surface area contributed by atoms with E-state index in [1.807, 2.05) is 13.1 Å². The molecule has 1 aromatic rings. The maximum absolute atomic E-state index is 11.6. The molecule has 4 nitrogen and oxygen atoms in total. The van der Waals surface area contributed by atoms with Gasteiger partial charge in [-0.15, -0.1) is 11.3 Å². The fourth-order valence-corrected chi connectivity index (χ4v) is 4.35. The lowest BCUT2D eigenvalue weighted by atomic mass is 9.95. The molecule has 0 radical (unpaired) electrons. The molecule has 0 spiro atoms. The van der Waals surface area contributed by atoms with Crippen LogP contribution in [0.2, 0.25) is 0 Å². The summed E-state index contributed by atoms with van der Waals surface area (Å²) in [5.74, 6) is 0. The number of sulfone groups is 1. The number of nitrogens with zero attached hydrogens (tertiary/aromatic N) is 1. The lowest BCUT2D eigenvalue weighted by molar-refractivity contribution is 0.371. The van der Waals surface area contributed by atoms with Crippen molar-refractivity contribution in [1.29, 1.82) is 0 Å². The summed E-state index contributed by atoms with van der Waals surface area (Å²) in [5, 5.41) is 4.35. The summed E-state index contributed by atoms with van der Waals surface area (Å²) in [6, 6.07) is 0.308. The smallest absolute Gasteiger partial charge is 0.150 e. The summed E-state index contributed by atoms with van der Waals surface area (Å²) >= 11 is 1.69. The highest BCUT2D eigenvalue weighted by atomic mass is 32.2. The van der Waals surface area contributed by atoms with Crippen molar-refractivity contribution in [1.82, 2.24) is 10.3 Å². The number of aromatic nitrogens is 1. The Hall–Kier alpha value is -0.460. The van der Waals surface area contributed by atoms with Gasteiger partial charge in [-0.1, -0.05) is 6.42 Å². The van der Waals surface area contributed by atoms with Gasteiger partial charge in [-0.05, 0) is 26.2 Å². The molecule has 1 saturated carbocycles. The Balaban J connectivity index is 1.86. The van der Waals surface area contributed by atoms with Crippen LogP contribution in [0.15, 0.2) is 6.20 Å². The number of aryl methyl sites for hydroxylation is 1. The SMILES string of the molecule is Cc1cnc(CNC2CCCC(S(C)(=O)=O)C2)s1. The van der Waals surface area contributed by atoms with E-state index in [0.717, 1.165) is 37.2 Å². The summed E-state index contributed by atoms with van der Waals surface area (Å²) in [6.45, 7) is 2.79. The Morgan fingerprint density at radius 3 is 2.89 bits per heavy atom. The van der Waals surface area contributed by atoms with Gasteiger partial charge >= 0.3 is 0 Å². The van der Waals surface area contributed by atoms with Gasteiger partial charge in [-0.3, -0.25) is 0 Å². The summed E-state index contributed by atoms with van der Waals surface area (Å²) in [5.41, 5.74) is 0. The van der Waals surface area contributed by atoms with Gasteiger partial charge in [0.25, 0.3) is 0 Å². The molecule has 1 fully saturated rings. The Kier molecular flexibility index (Phi) is 4.40. The second-order valence-electron chi connectivity index (χ2n) is 5.06. The van der Waals surface area contributed by atoms with Gasteiger partial charge in [0.05, 0.1) is 5.25 Å². The van der Waals surface area contributed by atoms with E-state index in [1.165, 1.54) is 11.1 Å². The molecule has 102 valence electrons. The largest absolute Gasteiger partial charge is 0.308 e. The molecule has 0 aromatic carbocycles. The highest BCUT2D eigenvalue weighted by Crippen LogP contribution is 2.24. The predicted octanol–water partition coefficient (Wildman–Crippen LogP) is 1.90. The monoisotopic (exact) mass is 288 g/mol. The maximum atomic E-state index is 11.6. The summed E-state index contributed by atoms with van der Waals surface area (Å²) in [4.78, 5) is 5.52. The fourth-order valence-electron chi connectivity index (χ4n) is 2.43. The molecule has 2 atom stereocenters. The van der Waals surface area contributed by atoms with E-state index in [2.05, 4.69) is 10.3 Å². The molecule has 2 rings (SSSR count). The highest BCUT2D eigenvalue weighted by Gasteiger charge is 2.28. The third kappa shape index (κ3) is 3.76. The molecule has 1 aliphatic rings. The molecular weight excluding hydrogens is 268 g/mol. The van der Waals surface area contributed by atoms with E-state index in [-0.39, 0.29) is 5.25 Å². The van der Waals surface area contributed by atoms with Crippen molar-refractivity contribution < 1.29 is 8.42 Å². The van der Waals surface area contributed by atoms with Crippen LogP contribution >= 0.6 is 11.3 Å². The van der Waals surface area contributed by atoms with Crippen LogP contribution in [-0.2, 0) is 16.4 Å². The fraction of sp³-hybridized carbons (Fsp3) is 0.750. The standard InChI is InChI=1S/C12H20N2O2S2/c1-9-7-14-12(17-9)8-13-10-4-3-5-11(6-10)18(2,15)16/h7,10-11,13H,3-6,8H2,1-2H3. The van der Waals surface area contributed by atoms with Crippen molar-refractivity contribution in [2.24, 2.45) is 0 Å². The van der Waals surface area contributed by atoms with Crippen LogP contribution in [0, 0.1) is 6.92 Å². The van der Waals surface area contributed by atoms with Crippen LogP contribution in [0.5, 0.6) is 0 Å². The van der Waals surface area contributed by atoms with Crippen molar-refractivity contribution >= 4 is 21.2 Å². The van der Waals surface area contributed by atoms with Crippen molar-refractivity contribution in [3.05, 3.63) is 16.1 Å². The van der Waals surface area contributed by atoms with Crippen LogP contribution in [0.1, 0.15) is 35.6 Å². The van der Waals surface area contributed by atoms with Gasteiger partial charge in [0, 0.05) is 29.9 Å². The Morgan fingerprint density at radius 2 is 2.28 bits per heavy atom. The minimum atomic E-state index is -2.89. The van der Waals surface area contributed by atoms with E-state index in [9.17, 15) is 8.42 Å². The number of rotatable bonds is 4. The predicted molar refractivity (Wildman–Crippen MR) is 74.6 cm³/mol. The summed E-state index contributed by atoms with van der Waals surface area (Å²) in [7, 11) is -2.89. The van der Waals surface area contributed by atoms with E-state index < -0.39 is 9.84 Å². The van der Waals surface area contributed by atoms with Crippen molar-refractivity contribution in [3.8, 4) is 0 Å². The van der Waals surface area contributed by atoms with Crippen LogP contribution in [0.3, 0.4) is 0 Å². The molecule has 18 heavy (non-hydrogen) atoms. The van der Waals surface area contributed by atoms with Gasteiger partial charge in [0.1, 0.15) is 14.8 Å². The lowest BCUT2D eigenvalue weighted by Gasteiger charge is -2.28. The van der Waals surface area contributed by atoms with Crippen LogP contribution < -0.4 is 5.32 Å². The van der Waals surface area contributed by atoms with E-state index >= 15 is 0 Å². The van der Waals surface area contributed by atoms with E-state index in [1.54, 1.807) is 11.3 Å². The summed E-state index contributed by atoms with van der Waals surface area (Å²) in [6.07, 6.45) is 6.84. The van der Waals surface area contributed by atoms with E-state index in [4.69, 9.17) is 0 Å².